The molecule has 0 saturated heterocycles. The molecule has 0 aliphatic heterocycles. The van der Waals surface area contributed by atoms with Crippen LogP contribution in [0, 0.1) is 11.2 Å². The van der Waals surface area contributed by atoms with Crippen molar-refractivity contribution in [1.82, 2.24) is 0 Å². The number of hydrogen-bond acceptors (Lipinski definition) is 2. The zero-order valence-electron chi connectivity index (χ0n) is 10.6. The van der Waals surface area contributed by atoms with Crippen LogP contribution >= 0.6 is 0 Å². The van der Waals surface area contributed by atoms with E-state index in [-0.39, 0.29) is 11.3 Å². The van der Waals surface area contributed by atoms with Crippen molar-refractivity contribution in [1.29, 1.82) is 5.41 Å². The van der Waals surface area contributed by atoms with Gasteiger partial charge in [-0.15, -0.1) is 0 Å². The standard InChI is InChI=1S/C13H11FN2.C2H6/c14-11-7-3-1-5-9(11)13(16)10-6-2-4-8-12(10)15;1-2/h1-8,16H,15H2;1-2H3. The van der Waals surface area contributed by atoms with Gasteiger partial charge in [-0.3, -0.25) is 5.41 Å². The van der Waals surface area contributed by atoms with E-state index in [1.807, 2.05) is 13.8 Å². The van der Waals surface area contributed by atoms with Gasteiger partial charge in [0.1, 0.15) is 5.82 Å². The number of nitrogen functional groups attached to an aromatic ring is 1. The maximum absolute atomic E-state index is 13.5. The van der Waals surface area contributed by atoms with Crippen molar-refractivity contribution in [2.75, 3.05) is 5.73 Å². The highest BCUT2D eigenvalue weighted by atomic mass is 19.1. The molecule has 0 aromatic heterocycles. The molecule has 0 heterocycles. The Balaban J connectivity index is 0.000000771. The summed E-state index contributed by atoms with van der Waals surface area (Å²) in [7, 11) is 0. The summed E-state index contributed by atoms with van der Waals surface area (Å²) in [5, 5.41) is 7.93. The maximum atomic E-state index is 13.5. The molecule has 0 unspecified atom stereocenters. The minimum atomic E-state index is -0.407. The highest BCUT2D eigenvalue weighted by Crippen LogP contribution is 2.17. The van der Waals surface area contributed by atoms with Gasteiger partial charge in [0.05, 0.1) is 5.71 Å². The number of hydrogen-bond donors (Lipinski definition) is 2. The second kappa shape index (κ2) is 6.55. The average molecular weight is 244 g/mol. The molecule has 18 heavy (non-hydrogen) atoms. The lowest BCUT2D eigenvalue weighted by Crippen LogP contribution is -2.07. The molecule has 2 aromatic rings. The Morgan fingerprint density at radius 1 is 0.944 bits per heavy atom. The fourth-order valence-corrected chi connectivity index (χ4v) is 1.53. The van der Waals surface area contributed by atoms with Gasteiger partial charge >= 0.3 is 0 Å². The quantitative estimate of drug-likeness (QED) is 0.611. The average Bonchev–Trinajstić information content (AvgIpc) is 2.41. The third-order valence-electron chi connectivity index (χ3n) is 2.37. The van der Waals surface area contributed by atoms with Crippen molar-refractivity contribution < 1.29 is 4.39 Å². The molecule has 0 aliphatic rings. The van der Waals surface area contributed by atoms with E-state index in [0.29, 0.717) is 11.3 Å². The lowest BCUT2D eigenvalue weighted by Gasteiger charge is -2.07. The lowest BCUT2D eigenvalue weighted by molar-refractivity contribution is 0.625. The molecular formula is C15H17FN2. The van der Waals surface area contributed by atoms with Gasteiger partial charge in [0.2, 0.25) is 0 Å². The van der Waals surface area contributed by atoms with Gasteiger partial charge in [-0.25, -0.2) is 4.39 Å². The predicted octanol–water partition coefficient (Wildman–Crippen LogP) is 3.85. The fraction of sp³-hybridized carbons (Fsp3) is 0.133. The molecule has 2 nitrogen and oxygen atoms in total. The van der Waals surface area contributed by atoms with Gasteiger partial charge in [-0.05, 0) is 18.2 Å². The smallest absolute Gasteiger partial charge is 0.132 e. The Bertz CT molecular complexity index is 488. The van der Waals surface area contributed by atoms with Crippen molar-refractivity contribution in [3.05, 3.63) is 65.5 Å². The Hall–Kier alpha value is -2.16. The molecule has 3 N–H and O–H groups in total. The molecule has 2 rings (SSSR count). The Kier molecular flexibility index (Phi) is 5.06. The minimum Gasteiger partial charge on any atom is -0.398 e. The minimum absolute atomic E-state index is 0.108. The summed E-state index contributed by atoms with van der Waals surface area (Å²) in [4.78, 5) is 0. The summed E-state index contributed by atoms with van der Waals surface area (Å²) >= 11 is 0. The molecule has 3 heteroatoms. The first-order valence-electron chi connectivity index (χ1n) is 5.88. The van der Waals surface area contributed by atoms with Crippen LogP contribution in [-0.2, 0) is 0 Å². The van der Waals surface area contributed by atoms with E-state index in [2.05, 4.69) is 0 Å². The third kappa shape index (κ3) is 2.94. The first-order valence-corrected chi connectivity index (χ1v) is 5.88. The monoisotopic (exact) mass is 244 g/mol. The van der Waals surface area contributed by atoms with E-state index in [0.717, 1.165) is 0 Å². The van der Waals surface area contributed by atoms with Crippen LogP contribution in [0.25, 0.3) is 0 Å². The van der Waals surface area contributed by atoms with E-state index in [1.54, 1.807) is 42.5 Å². The second-order valence-electron chi connectivity index (χ2n) is 3.44. The molecule has 0 amide bonds. The largest absolute Gasteiger partial charge is 0.398 e. The van der Waals surface area contributed by atoms with Crippen LogP contribution in [0.15, 0.2) is 48.5 Å². The van der Waals surface area contributed by atoms with Crippen LogP contribution in [0.5, 0.6) is 0 Å². The van der Waals surface area contributed by atoms with E-state index >= 15 is 0 Å². The number of nitrogens with one attached hydrogen (secondary N) is 1. The number of nitrogens with two attached hydrogens (primary N) is 1. The summed E-state index contributed by atoms with van der Waals surface area (Å²) in [6.45, 7) is 4.00. The van der Waals surface area contributed by atoms with E-state index in [4.69, 9.17) is 11.1 Å². The topological polar surface area (TPSA) is 49.9 Å². The van der Waals surface area contributed by atoms with Crippen molar-refractivity contribution in [2.45, 2.75) is 13.8 Å². The number of rotatable bonds is 2. The van der Waals surface area contributed by atoms with Gasteiger partial charge in [-0.2, -0.15) is 0 Å². The number of anilines is 1. The molecule has 0 spiro atoms. The summed E-state index contributed by atoms with van der Waals surface area (Å²) < 4.78 is 13.5. The number of benzene rings is 2. The molecular weight excluding hydrogens is 227 g/mol. The van der Waals surface area contributed by atoms with Crippen LogP contribution in [0.4, 0.5) is 10.1 Å². The van der Waals surface area contributed by atoms with E-state index < -0.39 is 5.82 Å². The Labute approximate surface area is 107 Å². The van der Waals surface area contributed by atoms with Gasteiger partial charge in [-0.1, -0.05) is 44.2 Å². The Morgan fingerprint density at radius 3 is 2.00 bits per heavy atom. The molecule has 0 radical (unpaired) electrons. The van der Waals surface area contributed by atoms with Crippen LogP contribution in [0.3, 0.4) is 0 Å². The maximum Gasteiger partial charge on any atom is 0.132 e. The van der Waals surface area contributed by atoms with E-state index in [9.17, 15) is 4.39 Å². The van der Waals surface area contributed by atoms with Crippen LogP contribution in [-0.4, -0.2) is 5.71 Å². The molecule has 2 aromatic carbocycles. The Morgan fingerprint density at radius 2 is 1.44 bits per heavy atom. The first-order chi connectivity index (χ1) is 8.70. The predicted molar refractivity (Wildman–Crippen MR) is 74.5 cm³/mol. The second-order valence-corrected chi connectivity index (χ2v) is 3.44. The first kappa shape index (κ1) is 13.9. The lowest BCUT2D eigenvalue weighted by atomic mass is 10.0. The zero-order valence-corrected chi connectivity index (χ0v) is 10.6. The van der Waals surface area contributed by atoms with Gasteiger partial charge in [0, 0.05) is 16.8 Å². The van der Waals surface area contributed by atoms with Crippen LogP contribution in [0.2, 0.25) is 0 Å². The van der Waals surface area contributed by atoms with E-state index in [1.165, 1.54) is 6.07 Å². The molecule has 0 bridgehead atoms. The van der Waals surface area contributed by atoms with Crippen molar-refractivity contribution in [3.8, 4) is 0 Å². The summed E-state index contributed by atoms with van der Waals surface area (Å²) in [6, 6.07) is 13.2. The SMILES string of the molecule is CC.N=C(c1ccccc1N)c1ccccc1F. The third-order valence-corrected chi connectivity index (χ3v) is 2.37. The molecule has 0 fully saturated rings. The fourth-order valence-electron chi connectivity index (χ4n) is 1.53. The number of para-hydroxylation sites is 1. The molecule has 94 valence electrons. The van der Waals surface area contributed by atoms with Crippen molar-refractivity contribution >= 4 is 11.4 Å². The normalized spacial score (nSPS) is 9.28. The highest BCUT2D eigenvalue weighted by Gasteiger charge is 2.11. The van der Waals surface area contributed by atoms with Gasteiger partial charge in [0.15, 0.2) is 0 Å². The van der Waals surface area contributed by atoms with Crippen molar-refractivity contribution in [3.63, 3.8) is 0 Å². The molecule has 0 atom stereocenters. The highest BCUT2D eigenvalue weighted by molar-refractivity contribution is 6.13. The van der Waals surface area contributed by atoms with Gasteiger partial charge in [0.25, 0.3) is 0 Å². The van der Waals surface area contributed by atoms with Crippen LogP contribution in [0.1, 0.15) is 25.0 Å². The van der Waals surface area contributed by atoms with Gasteiger partial charge < -0.3 is 5.73 Å². The van der Waals surface area contributed by atoms with Crippen molar-refractivity contribution in [2.24, 2.45) is 0 Å². The van der Waals surface area contributed by atoms with Crippen LogP contribution < -0.4 is 5.73 Å². The number of halogens is 1. The summed E-state index contributed by atoms with van der Waals surface area (Å²) in [6.07, 6.45) is 0. The molecule has 0 saturated carbocycles. The molecule has 0 aliphatic carbocycles. The zero-order chi connectivity index (χ0) is 13.5. The summed E-state index contributed by atoms with van der Waals surface area (Å²) in [5.41, 5.74) is 7.15. The summed E-state index contributed by atoms with van der Waals surface area (Å²) in [5.74, 6) is -0.407.